The summed E-state index contributed by atoms with van der Waals surface area (Å²) in [6, 6.07) is 1.85. The highest BCUT2D eigenvalue weighted by Crippen LogP contribution is 2.33. The Hall–Kier alpha value is -0.0400. The molecule has 2 aromatic rings. The van der Waals surface area contributed by atoms with Crippen molar-refractivity contribution >= 4 is 61.0 Å². The number of hydrogen-bond donors (Lipinski definition) is 4. The van der Waals surface area contributed by atoms with Gasteiger partial charge in [-0.2, -0.15) is 0 Å². The summed E-state index contributed by atoms with van der Waals surface area (Å²) in [4.78, 5) is 2.44. The third-order valence-corrected chi connectivity index (χ3v) is 3.69. The van der Waals surface area contributed by atoms with Crippen LogP contribution in [0.2, 0.25) is 0 Å². The molecule has 0 amide bonds. The van der Waals surface area contributed by atoms with Gasteiger partial charge >= 0.3 is 0 Å². The van der Waals surface area contributed by atoms with Crippen molar-refractivity contribution in [3.05, 3.63) is 10.7 Å². The zero-order chi connectivity index (χ0) is 10.5. The van der Waals surface area contributed by atoms with E-state index < -0.39 is 0 Å². The van der Waals surface area contributed by atoms with Gasteiger partial charge in [0.25, 0.3) is 0 Å². The Morgan fingerprint density at radius 3 is 2.57 bits per heavy atom. The molecule has 0 aliphatic heterocycles. The van der Waals surface area contributed by atoms with Crippen molar-refractivity contribution in [3.8, 4) is 0 Å². The van der Waals surface area contributed by atoms with Crippen molar-refractivity contribution in [2.75, 3.05) is 0 Å². The molecule has 6 heteroatoms. The van der Waals surface area contributed by atoms with Crippen LogP contribution in [0.5, 0.6) is 0 Å². The summed E-state index contributed by atoms with van der Waals surface area (Å²) in [6.07, 6.45) is 0. The lowest BCUT2D eigenvalue weighted by Crippen LogP contribution is -1.90. The largest absolute Gasteiger partial charge is 0.288 e. The molecule has 1 heterocycles. The minimum atomic E-state index is 0.677. The molecule has 1 aromatic carbocycles. The van der Waals surface area contributed by atoms with Crippen molar-refractivity contribution in [2.24, 2.45) is 7.05 Å². The third kappa shape index (κ3) is 1.41. The van der Waals surface area contributed by atoms with Crippen LogP contribution in [0.1, 0.15) is 0 Å². The molecular weight excluding hydrogens is 252 g/mol. The first-order chi connectivity index (χ1) is 6.52. The highest BCUT2D eigenvalue weighted by Gasteiger charge is 2.11. The van der Waals surface area contributed by atoms with Gasteiger partial charge < -0.3 is 0 Å². The maximum absolute atomic E-state index is 5.18. The second kappa shape index (κ2) is 3.52. The fourth-order valence-electron chi connectivity index (χ4n) is 1.45. The van der Waals surface area contributed by atoms with Gasteiger partial charge in [0, 0.05) is 21.7 Å². The molecule has 0 fully saturated rings. The Morgan fingerprint density at radius 1 is 1.29 bits per heavy atom. The van der Waals surface area contributed by atoms with Crippen LogP contribution in [0.15, 0.2) is 20.8 Å². The lowest BCUT2D eigenvalue weighted by molar-refractivity contribution is 0.784. The molecule has 0 saturated heterocycles. The topological polar surface area (TPSA) is 20.7 Å². The standard InChI is InChI=1S/C8H8N2S4/c1-10-6-5(8(14)9-10)3(11)2-4(12)7(6)13/h2,11-13H,1H3,(H,9,14). The normalized spacial score (nSPS) is 11.1. The number of H-pyrrole nitrogens is 1. The van der Waals surface area contributed by atoms with Crippen LogP contribution in [-0.4, -0.2) is 9.78 Å². The Bertz CT molecular complexity index is 567. The maximum Gasteiger partial charge on any atom is 0.128 e. The van der Waals surface area contributed by atoms with E-state index in [0.29, 0.717) is 4.64 Å². The van der Waals surface area contributed by atoms with Gasteiger partial charge in [0.05, 0.1) is 10.9 Å². The molecule has 0 aliphatic rings. The molecule has 2 rings (SSSR count). The van der Waals surface area contributed by atoms with Gasteiger partial charge in [-0.25, -0.2) is 0 Å². The van der Waals surface area contributed by atoms with Gasteiger partial charge in [0.2, 0.25) is 0 Å². The number of thiol groups is 3. The van der Waals surface area contributed by atoms with E-state index in [0.717, 1.165) is 25.6 Å². The van der Waals surface area contributed by atoms with Gasteiger partial charge in [0.1, 0.15) is 4.64 Å². The van der Waals surface area contributed by atoms with E-state index in [4.69, 9.17) is 12.2 Å². The first-order valence-electron chi connectivity index (χ1n) is 3.85. The molecule has 0 unspecified atom stereocenters. The van der Waals surface area contributed by atoms with Crippen LogP contribution >= 0.6 is 50.1 Å². The fraction of sp³-hybridized carbons (Fsp3) is 0.125. The van der Waals surface area contributed by atoms with Crippen molar-refractivity contribution in [3.63, 3.8) is 0 Å². The molecule has 74 valence electrons. The van der Waals surface area contributed by atoms with E-state index in [2.05, 4.69) is 43.0 Å². The van der Waals surface area contributed by atoms with E-state index in [-0.39, 0.29) is 0 Å². The predicted octanol–water partition coefficient (Wildman–Crippen LogP) is 3.10. The Balaban J connectivity index is 3.13. The van der Waals surface area contributed by atoms with Gasteiger partial charge in [-0.15, -0.1) is 37.9 Å². The minimum Gasteiger partial charge on any atom is -0.288 e. The van der Waals surface area contributed by atoms with E-state index in [9.17, 15) is 0 Å². The second-order valence-corrected chi connectivity index (χ2v) is 4.81. The van der Waals surface area contributed by atoms with Crippen molar-refractivity contribution in [1.82, 2.24) is 9.78 Å². The number of hydrogen-bond acceptors (Lipinski definition) is 4. The molecule has 1 N–H and O–H groups in total. The van der Waals surface area contributed by atoms with Crippen LogP contribution in [0.3, 0.4) is 0 Å². The molecule has 0 spiro atoms. The summed E-state index contributed by atoms with van der Waals surface area (Å²) < 4.78 is 2.51. The number of benzene rings is 1. The van der Waals surface area contributed by atoms with Gasteiger partial charge in [-0.1, -0.05) is 12.2 Å². The van der Waals surface area contributed by atoms with Crippen LogP contribution in [-0.2, 0) is 7.05 Å². The maximum atomic E-state index is 5.18. The van der Waals surface area contributed by atoms with Crippen LogP contribution in [0, 0.1) is 4.64 Å². The first-order valence-corrected chi connectivity index (χ1v) is 5.60. The molecule has 0 bridgehead atoms. The SMILES string of the molecule is Cn1[nH]c(=S)c2c(S)cc(S)c(S)c21. The molecule has 1 aromatic heterocycles. The van der Waals surface area contributed by atoms with Crippen LogP contribution in [0.4, 0.5) is 0 Å². The smallest absolute Gasteiger partial charge is 0.128 e. The Labute approximate surface area is 103 Å². The summed E-state index contributed by atoms with van der Waals surface area (Å²) in [5, 5.41) is 3.95. The molecular formula is C8H8N2S4. The van der Waals surface area contributed by atoms with Gasteiger partial charge in [-0.3, -0.25) is 9.78 Å². The average Bonchev–Trinajstić information content (AvgIpc) is 2.38. The van der Waals surface area contributed by atoms with Crippen molar-refractivity contribution in [2.45, 2.75) is 14.7 Å². The zero-order valence-electron chi connectivity index (χ0n) is 7.27. The van der Waals surface area contributed by atoms with Crippen LogP contribution < -0.4 is 0 Å². The highest BCUT2D eigenvalue weighted by atomic mass is 32.1. The first kappa shape index (κ1) is 10.5. The van der Waals surface area contributed by atoms with E-state index in [1.54, 1.807) is 0 Å². The number of nitrogens with zero attached hydrogens (tertiary/aromatic N) is 1. The number of aromatic amines is 1. The molecule has 14 heavy (non-hydrogen) atoms. The van der Waals surface area contributed by atoms with Gasteiger partial charge in [0.15, 0.2) is 0 Å². The highest BCUT2D eigenvalue weighted by molar-refractivity contribution is 7.84. The van der Waals surface area contributed by atoms with E-state index >= 15 is 0 Å². The molecule has 0 radical (unpaired) electrons. The second-order valence-electron chi connectivity index (χ2n) is 2.99. The number of aryl methyl sites for hydroxylation is 1. The monoisotopic (exact) mass is 260 g/mol. The minimum absolute atomic E-state index is 0.677. The summed E-state index contributed by atoms with van der Waals surface area (Å²) in [7, 11) is 1.89. The molecule has 0 atom stereocenters. The summed E-state index contributed by atoms with van der Waals surface area (Å²) in [6.45, 7) is 0. The third-order valence-electron chi connectivity index (χ3n) is 2.07. The van der Waals surface area contributed by atoms with Crippen molar-refractivity contribution in [1.29, 1.82) is 0 Å². The summed E-state index contributed by atoms with van der Waals surface area (Å²) in [5.74, 6) is 0. The molecule has 0 aliphatic carbocycles. The number of fused-ring (bicyclic) bond motifs is 1. The fourth-order valence-corrected chi connectivity index (χ4v) is 2.87. The summed E-state index contributed by atoms with van der Waals surface area (Å²) in [5.41, 5.74) is 0.941. The molecule has 0 saturated carbocycles. The number of nitrogens with one attached hydrogen (secondary N) is 1. The van der Waals surface area contributed by atoms with Crippen molar-refractivity contribution < 1.29 is 0 Å². The van der Waals surface area contributed by atoms with Gasteiger partial charge in [-0.05, 0) is 6.07 Å². The lowest BCUT2D eigenvalue weighted by Gasteiger charge is -2.04. The Kier molecular flexibility index (Phi) is 2.63. The van der Waals surface area contributed by atoms with E-state index in [1.165, 1.54) is 0 Å². The predicted molar refractivity (Wildman–Crippen MR) is 69.9 cm³/mol. The quantitative estimate of drug-likeness (QED) is 0.424. The Morgan fingerprint density at radius 2 is 1.93 bits per heavy atom. The summed E-state index contributed by atoms with van der Waals surface area (Å²) >= 11 is 18.3. The lowest BCUT2D eigenvalue weighted by atomic mass is 10.2. The molecule has 2 nitrogen and oxygen atoms in total. The van der Waals surface area contributed by atoms with E-state index in [1.807, 2.05) is 17.8 Å². The average molecular weight is 260 g/mol. The number of rotatable bonds is 0. The van der Waals surface area contributed by atoms with Crippen LogP contribution in [0.25, 0.3) is 10.9 Å². The number of aromatic nitrogens is 2. The zero-order valence-corrected chi connectivity index (χ0v) is 10.8.